The molecule has 1 amide bonds. The first-order chi connectivity index (χ1) is 13.7. The number of fused-ring (bicyclic) bond motifs is 1. The molecule has 7 nitrogen and oxygen atoms in total. The van der Waals surface area contributed by atoms with Gasteiger partial charge in [0.2, 0.25) is 0 Å². The lowest BCUT2D eigenvalue weighted by Crippen LogP contribution is -2.37. The molecule has 0 saturated carbocycles. The number of pyridine rings is 1. The van der Waals surface area contributed by atoms with Gasteiger partial charge in [-0.2, -0.15) is 5.26 Å². The Kier molecular flexibility index (Phi) is 5.64. The zero-order chi connectivity index (χ0) is 19.5. The number of nitriles is 1. The van der Waals surface area contributed by atoms with E-state index in [9.17, 15) is 14.6 Å². The van der Waals surface area contributed by atoms with Crippen LogP contribution in [-0.4, -0.2) is 54.5 Å². The number of amides is 1. The fourth-order valence-corrected chi connectivity index (χ4v) is 5.41. The summed E-state index contributed by atoms with van der Waals surface area (Å²) in [4.78, 5) is 23.6. The lowest BCUT2D eigenvalue weighted by molar-refractivity contribution is -0.127. The van der Waals surface area contributed by atoms with Crippen LogP contribution < -0.4 is 0 Å². The molecule has 146 valence electrons. The number of carbonyl (C=O) groups excluding carboxylic acids is 1. The highest BCUT2D eigenvalue weighted by Crippen LogP contribution is 2.34. The molecule has 2 aromatic heterocycles. The number of hydrogen-bond donors (Lipinski definition) is 0. The van der Waals surface area contributed by atoms with Crippen LogP contribution in [-0.2, 0) is 16.0 Å². The first-order valence-corrected chi connectivity index (χ1v) is 11.2. The topological polar surface area (TPSA) is 97.9 Å². The SMILES string of the molecule is N#CC(C(=O)N1CCCCC1)=C(C1CC[S+]([O-])CC1)n1cnc2cnccc21. The highest BCUT2D eigenvalue weighted by molar-refractivity contribution is 7.91. The van der Waals surface area contributed by atoms with E-state index in [-0.39, 0.29) is 17.4 Å². The summed E-state index contributed by atoms with van der Waals surface area (Å²) in [6.45, 7) is 1.39. The summed E-state index contributed by atoms with van der Waals surface area (Å²) in [5.41, 5.74) is 2.44. The Hall–Kier alpha value is -2.37. The number of carbonyl (C=O) groups is 1. The molecule has 28 heavy (non-hydrogen) atoms. The molecular formula is C20H23N5O2S. The number of rotatable bonds is 3. The minimum atomic E-state index is -0.817. The molecule has 0 N–H and O–H groups in total. The highest BCUT2D eigenvalue weighted by atomic mass is 32.2. The van der Waals surface area contributed by atoms with E-state index in [1.807, 2.05) is 10.6 Å². The molecule has 0 unspecified atom stereocenters. The van der Waals surface area contributed by atoms with Crippen LogP contribution in [0, 0.1) is 17.2 Å². The maximum Gasteiger partial charge on any atom is 0.266 e. The monoisotopic (exact) mass is 397 g/mol. The Labute approximate surface area is 167 Å². The number of likely N-dealkylation sites (tertiary alicyclic amines) is 1. The number of piperidine rings is 1. The van der Waals surface area contributed by atoms with E-state index < -0.39 is 11.2 Å². The smallest absolute Gasteiger partial charge is 0.266 e. The fraction of sp³-hybridized carbons (Fsp3) is 0.500. The Balaban J connectivity index is 1.82. The van der Waals surface area contributed by atoms with Crippen LogP contribution in [0.1, 0.15) is 32.1 Å². The lowest BCUT2D eigenvalue weighted by atomic mass is 9.93. The highest BCUT2D eigenvalue weighted by Gasteiger charge is 2.32. The van der Waals surface area contributed by atoms with Crippen molar-refractivity contribution in [3.8, 4) is 6.07 Å². The van der Waals surface area contributed by atoms with Crippen LogP contribution >= 0.6 is 0 Å². The average Bonchev–Trinajstić information content (AvgIpc) is 3.17. The second-order valence-electron chi connectivity index (χ2n) is 7.33. The van der Waals surface area contributed by atoms with Gasteiger partial charge in [0.1, 0.15) is 35.0 Å². The fourth-order valence-electron chi connectivity index (χ4n) is 4.11. The van der Waals surface area contributed by atoms with Gasteiger partial charge in [0.05, 0.1) is 17.4 Å². The van der Waals surface area contributed by atoms with Crippen molar-refractivity contribution in [2.75, 3.05) is 24.6 Å². The molecule has 4 heterocycles. The third-order valence-electron chi connectivity index (χ3n) is 5.61. The van der Waals surface area contributed by atoms with E-state index >= 15 is 0 Å². The van der Waals surface area contributed by atoms with E-state index in [0.717, 1.165) is 30.3 Å². The summed E-state index contributed by atoms with van der Waals surface area (Å²) in [7, 11) is 0. The molecular weight excluding hydrogens is 374 g/mol. The molecule has 0 spiro atoms. The predicted octanol–water partition coefficient (Wildman–Crippen LogP) is 2.34. The predicted molar refractivity (Wildman–Crippen MR) is 107 cm³/mol. The second kappa shape index (κ2) is 8.33. The van der Waals surface area contributed by atoms with Gasteiger partial charge in [0.25, 0.3) is 5.91 Å². The minimum Gasteiger partial charge on any atom is -0.616 e. The van der Waals surface area contributed by atoms with Crippen molar-refractivity contribution < 1.29 is 9.35 Å². The van der Waals surface area contributed by atoms with E-state index in [4.69, 9.17) is 0 Å². The number of aromatic nitrogens is 3. The number of hydrogen-bond acceptors (Lipinski definition) is 5. The number of allylic oxidation sites excluding steroid dienone is 1. The zero-order valence-corrected chi connectivity index (χ0v) is 16.5. The lowest BCUT2D eigenvalue weighted by Gasteiger charge is -2.30. The molecule has 0 radical (unpaired) electrons. The molecule has 8 heteroatoms. The van der Waals surface area contributed by atoms with Gasteiger partial charge in [-0.05, 0) is 25.3 Å². The Morgan fingerprint density at radius 2 is 2.00 bits per heavy atom. The Morgan fingerprint density at radius 1 is 1.25 bits per heavy atom. The summed E-state index contributed by atoms with van der Waals surface area (Å²) in [5.74, 6) is 1.00. The van der Waals surface area contributed by atoms with Gasteiger partial charge in [-0.1, -0.05) is 11.2 Å². The first kappa shape index (κ1) is 19.0. The summed E-state index contributed by atoms with van der Waals surface area (Å²) in [5, 5.41) is 9.99. The van der Waals surface area contributed by atoms with Crippen molar-refractivity contribution in [3.63, 3.8) is 0 Å². The minimum absolute atomic E-state index is 0.00616. The van der Waals surface area contributed by atoms with Crippen molar-refractivity contribution in [1.82, 2.24) is 19.4 Å². The second-order valence-corrected chi connectivity index (χ2v) is 9.02. The summed E-state index contributed by atoms with van der Waals surface area (Å²) >= 11 is -0.817. The van der Waals surface area contributed by atoms with Gasteiger partial charge in [0, 0.05) is 38.0 Å². The van der Waals surface area contributed by atoms with Gasteiger partial charge in [0.15, 0.2) is 0 Å². The van der Waals surface area contributed by atoms with Crippen LogP contribution in [0.2, 0.25) is 0 Å². The quantitative estimate of drug-likeness (QED) is 0.450. The molecule has 0 aromatic carbocycles. The molecule has 2 aliphatic heterocycles. The molecule has 2 aliphatic rings. The third kappa shape index (κ3) is 3.64. The summed E-state index contributed by atoms with van der Waals surface area (Å²) < 4.78 is 13.7. The van der Waals surface area contributed by atoms with Crippen molar-refractivity contribution in [2.45, 2.75) is 32.1 Å². The van der Waals surface area contributed by atoms with Crippen LogP contribution in [0.15, 0.2) is 30.4 Å². The van der Waals surface area contributed by atoms with Gasteiger partial charge in [-0.3, -0.25) is 9.78 Å². The third-order valence-corrected chi connectivity index (χ3v) is 6.99. The van der Waals surface area contributed by atoms with Crippen molar-refractivity contribution in [2.24, 2.45) is 5.92 Å². The summed E-state index contributed by atoms with van der Waals surface area (Å²) in [6.07, 6.45) is 9.51. The maximum absolute atomic E-state index is 13.2. The largest absolute Gasteiger partial charge is 0.616 e. The van der Waals surface area contributed by atoms with Crippen molar-refractivity contribution >= 4 is 33.8 Å². The van der Waals surface area contributed by atoms with E-state index in [1.165, 1.54) is 0 Å². The van der Waals surface area contributed by atoms with Gasteiger partial charge >= 0.3 is 0 Å². The van der Waals surface area contributed by atoms with Gasteiger partial charge < -0.3 is 14.0 Å². The standard InChI is InChI=1S/C20H23N5O2S/c21-12-16(20(26)24-8-2-1-3-9-24)19(15-5-10-28(27)11-6-15)25-14-23-17-13-22-7-4-18(17)25/h4,7,13-15H,1-3,5-6,8-11H2. The van der Waals surface area contributed by atoms with E-state index in [1.54, 1.807) is 23.6 Å². The first-order valence-electron chi connectivity index (χ1n) is 9.75. The van der Waals surface area contributed by atoms with Gasteiger partial charge in [-0.25, -0.2) is 4.98 Å². The molecule has 0 atom stereocenters. The molecule has 2 fully saturated rings. The molecule has 2 saturated heterocycles. The zero-order valence-electron chi connectivity index (χ0n) is 15.7. The van der Waals surface area contributed by atoms with Crippen LogP contribution in [0.3, 0.4) is 0 Å². The van der Waals surface area contributed by atoms with Crippen molar-refractivity contribution in [1.29, 1.82) is 5.26 Å². The molecule has 4 rings (SSSR count). The maximum atomic E-state index is 13.2. The number of nitrogens with zero attached hydrogens (tertiary/aromatic N) is 5. The molecule has 0 bridgehead atoms. The van der Waals surface area contributed by atoms with Crippen LogP contribution in [0.25, 0.3) is 16.7 Å². The summed E-state index contributed by atoms with van der Waals surface area (Å²) in [6, 6.07) is 4.06. The Bertz CT molecular complexity index is 933. The molecule has 0 aliphatic carbocycles. The van der Waals surface area contributed by atoms with Crippen molar-refractivity contribution in [3.05, 3.63) is 30.4 Å². The van der Waals surface area contributed by atoms with E-state index in [0.29, 0.717) is 43.1 Å². The molecule has 2 aromatic rings. The number of imidazole rings is 1. The van der Waals surface area contributed by atoms with Crippen LogP contribution in [0.4, 0.5) is 0 Å². The van der Waals surface area contributed by atoms with Crippen LogP contribution in [0.5, 0.6) is 0 Å². The average molecular weight is 398 g/mol. The Morgan fingerprint density at radius 3 is 2.71 bits per heavy atom. The van der Waals surface area contributed by atoms with Gasteiger partial charge in [-0.15, -0.1) is 0 Å². The normalized spacial score (nSPS) is 23.9. The van der Waals surface area contributed by atoms with E-state index in [2.05, 4.69) is 16.0 Å².